The number of esters is 1. The monoisotopic (exact) mass is 205 g/mol. The summed E-state index contributed by atoms with van der Waals surface area (Å²) in [5, 5.41) is 0. The number of nitrogens with zero attached hydrogens (tertiary/aromatic N) is 1. The first-order valence-corrected chi connectivity index (χ1v) is 5.07. The van der Waals surface area contributed by atoms with E-state index in [1.165, 1.54) is 12.7 Å². The molecule has 0 spiro atoms. The Labute approximate surface area is 89.7 Å². The Morgan fingerprint density at radius 1 is 1.33 bits per heavy atom. The van der Waals surface area contributed by atoms with Crippen LogP contribution >= 0.6 is 0 Å². The number of ether oxygens (including phenoxy) is 1. The van der Waals surface area contributed by atoms with Gasteiger partial charge < -0.3 is 9.64 Å². The van der Waals surface area contributed by atoms with Crippen LogP contribution in [0.4, 0.5) is 0 Å². The molecule has 1 aromatic rings. The molecule has 1 heterocycles. The molecule has 0 bridgehead atoms. The van der Waals surface area contributed by atoms with Gasteiger partial charge in [-0.05, 0) is 24.7 Å². The van der Waals surface area contributed by atoms with Gasteiger partial charge in [-0.15, -0.1) is 0 Å². The Balaban J connectivity index is 2.07. The molecule has 1 aliphatic heterocycles. The van der Waals surface area contributed by atoms with Crippen molar-refractivity contribution in [3.05, 3.63) is 35.4 Å². The Hall–Kier alpha value is -1.35. The number of methoxy groups -OCH3 is 1. The SMILES string of the molecule is COC(=O)c1ccc(C2CN(C)C2)cc1. The molecule has 0 radical (unpaired) electrons. The molecule has 1 saturated heterocycles. The molecule has 1 fully saturated rings. The summed E-state index contributed by atoms with van der Waals surface area (Å²) in [6.07, 6.45) is 0. The van der Waals surface area contributed by atoms with Gasteiger partial charge in [0.25, 0.3) is 0 Å². The lowest BCUT2D eigenvalue weighted by atomic mass is 9.91. The predicted octanol–water partition coefficient (Wildman–Crippen LogP) is 1.50. The van der Waals surface area contributed by atoms with E-state index in [-0.39, 0.29) is 5.97 Å². The van der Waals surface area contributed by atoms with E-state index in [1.807, 2.05) is 24.3 Å². The van der Waals surface area contributed by atoms with Gasteiger partial charge in [0.05, 0.1) is 12.7 Å². The van der Waals surface area contributed by atoms with Gasteiger partial charge in [0.2, 0.25) is 0 Å². The van der Waals surface area contributed by atoms with Gasteiger partial charge in [0, 0.05) is 19.0 Å². The maximum absolute atomic E-state index is 11.2. The van der Waals surface area contributed by atoms with E-state index in [0.29, 0.717) is 11.5 Å². The van der Waals surface area contributed by atoms with Crippen LogP contribution in [0.15, 0.2) is 24.3 Å². The first kappa shape index (κ1) is 10.2. The van der Waals surface area contributed by atoms with Gasteiger partial charge in [-0.3, -0.25) is 0 Å². The molecule has 0 amide bonds. The summed E-state index contributed by atoms with van der Waals surface area (Å²) >= 11 is 0. The third-order valence-electron chi connectivity index (χ3n) is 2.87. The van der Waals surface area contributed by atoms with Crippen molar-refractivity contribution < 1.29 is 9.53 Å². The zero-order chi connectivity index (χ0) is 10.8. The topological polar surface area (TPSA) is 29.5 Å². The summed E-state index contributed by atoms with van der Waals surface area (Å²) in [5.74, 6) is 0.356. The van der Waals surface area contributed by atoms with Crippen molar-refractivity contribution in [1.82, 2.24) is 4.90 Å². The maximum Gasteiger partial charge on any atom is 0.337 e. The van der Waals surface area contributed by atoms with Gasteiger partial charge >= 0.3 is 5.97 Å². The second-order valence-corrected chi connectivity index (χ2v) is 4.03. The third-order valence-corrected chi connectivity index (χ3v) is 2.87. The normalized spacial score (nSPS) is 17.2. The highest BCUT2D eigenvalue weighted by Gasteiger charge is 2.24. The third kappa shape index (κ3) is 2.02. The lowest BCUT2D eigenvalue weighted by Gasteiger charge is -2.36. The number of benzene rings is 1. The molecule has 0 aliphatic carbocycles. The number of carbonyl (C=O) groups is 1. The Morgan fingerprint density at radius 3 is 2.40 bits per heavy atom. The lowest BCUT2D eigenvalue weighted by molar-refractivity contribution is 0.0600. The number of hydrogen-bond acceptors (Lipinski definition) is 3. The summed E-state index contributed by atoms with van der Waals surface area (Å²) in [5.41, 5.74) is 1.93. The van der Waals surface area contributed by atoms with Crippen LogP contribution in [0.1, 0.15) is 21.8 Å². The number of rotatable bonds is 2. The minimum atomic E-state index is -0.271. The fourth-order valence-electron chi connectivity index (χ4n) is 1.92. The number of carbonyl (C=O) groups excluding carboxylic acids is 1. The molecule has 15 heavy (non-hydrogen) atoms. The fourth-order valence-corrected chi connectivity index (χ4v) is 1.92. The van der Waals surface area contributed by atoms with Crippen LogP contribution in [0.3, 0.4) is 0 Å². The van der Waals surface area contributed by atoms with Crippen molar-refractivity contribution in [2.45, 2.75) is 5.92 Å². The minimum absolute atomic E-state index is 0.271. The zero-order valence-electron chi connectivity index (χ0n) is 9.06. The zero-order valence-corrected chi connectivity index (χ0v) is 9.06. The smallest absolute Gasteiger partial charge is 0.337 e. The summed E-state index contributed by atoms with van der Waals surface area (Å²) in [6, 6.07) is 7.70. The first-order valence-electron chi connectivity index (χ1n) is 5.07. The van der Waals surface area contributed by atoms with Crippen LogP contribution in [0.25, 0.3) is 0 Å². The van der Waals surface area contributed by atoms with Gasteiger partial charge in [0.1, 0.15) is 0 Å². The van der Waals surface area contributed by atoms with Crippen molar-refractivity contribution >= 4 is 5.97 Å². The average Bonchev–Trinajstić information content (AvgIpc) is 2.24. The molecule has 0 atom stereocenters. The Morgan fingerprint density at radius 2 is 1.93 bits per heavy atom. The highest BCUT2D eigenvalue weighted by atomic mass is 16.5. The van der Waals surface area contributed by atoms with Crippen LogP contribution in [-0.4, -0.2) is 38.1 Å². The fraction of sp³-hybridized carbons (Fsp3) is 0.417. The molecule has 0 unspecified atom stereocenters. The Kier molecular flexibility index (Phi) is 2.73. The second kappa shape index (κ2) is 4.03. The molecule has 1 aromatic carbocycles. The van der Waals surface area contributed by atoms with Crippen LogP contribution in [0.5, 0.6) is 0 Å². The second-order valence-electron chi connectivity index (χ2n) is 4.03. The number of likely N-dealkylation sites (tertiary alicyclic amines) is 1. The summed E-state index contributed by atoms with van der Waals surface area (Å²) in [6.45, 7) is 2.22. The quantitative estimate of drug-likeness (QED) is 0.685. The van der Waals surface area contributed by atoms with E-state index < -0.39 is 0 Å². The van der Waals surface area contributed by atoms with Crippen molar-refractivity contribution in [2.24, 2.45) is 0 Å². The van der Waals surface area contributed by atoms with Crippen molar-refractivity contribution in [2.75, 3.05) is 27.2 Å². The maximum atomic E-state index is 11.2. The molecular formula is C12H15NO2. The van der Waals surface area contributed by atoms with E-state index in [2.05, 4.69) is 16.7 Å². The molecule has 0 aromatic heterocycles. The van der Waals surface area contributed by atoms with E-state index in [1.54, 1.807) is 0 Å². The molecule has 3 nitrogen and oxygen atoms in total. The molecule has 80 valence electrons. The number of hydrogen-bond donors (Lipinski definition) is 0. The summed E-state index contributed by atoms with van der Waals surface area (Å²) < 4.78 is 4.65. The highest BCUT2D eigenvalue weighted by Crippen LogP contribution is 2.25. The molecule has 0 N–H and O–H groups in total. The van der Waals surface area contributed by atoms with Crippen molar-refractivity contribution in [1.29, 1.82) is 0 Å². The van der Waals surface area contributed by atoms with Crippen molar-refractivity contribution in [3.8, 4) is 0 Å². The molecular weight excluding hydrogens is 190 g/mol. The first-order chi connectivity index (χ1) is 7.20. The van der Waals surface area contributed by atoms with Gasteiger partial charge in [-0.2, -0.15) is 0 Å². The van der Waals surface area contributed by atoms with Gasteiger partial charge in [-0.1, -0.05) is 12.1 Å². The van der Waals surface area contributed by atoms with Crippen LogP contribution in [0.2, 0.25) is 0 Å². The average molecular weight is 205 g/mol. The van der Waals surface area contributed by atoms with Crippen LogP contribution in [0, 0.1) is 0 Å². The van der Waals surface area contributed by atoms with E-state index in [4.69, 9.17) is 0 Å². The predicted molar refractivity (Wildman–Crippen MR) is 58.0 cm³/mol. The molecule has 1 aliphatic rings. The molecule has 3 heteroatoms. The van der Waals surface area contributed by atoms with Crippen LogP contribution in [-0.2, 0) is 4.74 Å². The van der Waals surface area contributed by atoms with Gasteiger partial charge in [0.15, 0.2) is 0 Å². The minimum Gasteiger partial charge on any atom is -0.465 e. The summed E-state index contributed by atoms with van der Waals surface area (Å²) in [7, 11) is 3.51. The molecule has 0 saturated carbocycles. The van der Waals surface area contributed by atoms with Gasteiger partial charge in [-0.25, -0.2) is 4.79 Å². The van der Waals surface area contributed by atoms with Crippen LogP contribution < -0.4 is 0 Å². The van der Waals surface area contributed by atoms with E-state index in [9.17, 15) is 4.79 Å². The Bertz CT molecular complexity index is 352. The highest BCUT2D eigenvalue weighted by molar-refractivity contribution is 5.89. The lowest BCUT2D eigenvalue weighted by Crippen LogP contribution is -2.41. The van der Waals surface area contributed by atoms with E-state index in [0.717, 1.165) is 13.1 Å². The van der Waals surface area contributed by atoms with E-state index >= 15 is 0 Å². The number of likely N-dealkylation sites (N-methyl/N-ethyl adjacent to an activating group) is 1. The van der Waals surface area contributed by atoms with Crippen molar-refractivity contribution in [3.63, 3.8) is 0 Å². The summed E-state index contributed by atoms with van der Waals surface area (Å²) in [4.78, 5) is 13.5. The standard InChI is InChI=1S/C12H15NO2/c1-13-7-11(8-13)9-3-5-10(6-4-9)12(14)15-2/h3-6,11H,7-8H2,1-2H3. The molecule has 2 rings (SSSR count). The largest absolute Gasteiger partial charge is 0.465 e.